The molecule has 0 aromatic carbocycles. The Kier molecular flexibility index (Phi) is 4.35. The standard InChI is InChI=1S/C16H24N2OS/c1-15(2)9-13(10-16(3,4)18-15)17-14(19)6-5-12-7-8-20-11-12/h5-8,11,13,18H,9-10H2,1-4H3,(H,17,19)/b6-5+. The molecule has 1 amide bonds. The summed E-state index contributed by atoms with van der Waals surface area (Å²) in [6, 6.07) is 2.23. The predicted octanol–water partition coefficient (Wildman–Crippen LogP) is 3.19. The second-order valence-electron chi connectivity index (χ2n) is 6.90. The third-order valence-electron chi connectivity index (χ3n) is 3.51. The van der Waals surface area contributed by atoms with E-state index in [0.29, 0.717) is 0 Å². The van der Waals surface area contributed by atoms with E-state index in [9.17, 15) is 4.79 Å². The summed E-state index contributed by atoms with van der Waals surface area (Å²) in [5, 5.41) is 10.8. The number of nitrogens with one attached hydrogen (secondary N) is 2. The largest absolute Gasteiger partial charge is 0.350 e. The van der Waals surface area contributed by atoms with Crippen molar-refractivity contribution < 1.29 is 4.79 Å². The minimum Gasteiger partial charge on any atom is -0.350 e. The van der Waals surface area contributed by atoms with Crippen molar-refractivity contribution in [3.05, 3.63) is 28.5 Å². The number of rotatable bonds is 3. The lowest BCUT2D eigenvalue weighted by molar-refractivity contribution is -0.117. The maximum Gasteiger partial charge on any atom is 0.244 e. The maximum absolute atomic E-state index is 12.0. The van der Waals surface area contributed by atoms with Crippen molar-refractivity contribution in [2.75, 3.05) is 0 Å². The van der Waals surface area contributed by atoms with E-state index in [0.717, 1.165) is 18.4 Å². The number of hydrogen-bond donors (Lipinski definition) is 2. The smallest absolute Gasteiger partial charge is 0.244 e. The van der Waals surface area contributed by atoms with Crippen LogP contribution in [0.1, 0.15) is 46.1 Å². The first kappa shape index (κ1) is 15.3. The Hall–Kier alpha value is -1.13. The lowest BCUT2D eigenvalue weighted by Crippen LogP contribution is -2.62. The zero-order chi connectivity index (χ0) is 14.8. The third-order valence-corrected chi connectivity index (χ3v) is 4.21. The van der Waals surface area contributed by atoms with E-state index < -0.39 is 0 Å². The molecular formula is C16H24N2OS. The van der Waals surface area contributed by atoms with Crippen LogP contribution in [0.4, 0.5) is 0 Å². The Morgan fingerprint density at radius 1 is 1.35 bits per heavy atom. The van der Waals surface area contributed by atoms with Crippen LogP contribution < -0.4 is 10.6 Å². The topological polar surface area (TPSA) is 41.1 Å². The summed E-state index contributed by atoms with van der Waals surface area (Å²) in [4.78, 5) is 12.0. The van der Waals surface area contributed by atoms with Gasteiger partial charge in [-0.1, -0.05) is 0 Å². The van der Waals surface area contributed by atoms with Crippen LogP contribution in [0.3, 0.4) is 0 Å². The van der Waals surface area contributed by atoms with Crippen LogP contribution in [0.15, 0.2) is 22.9 Å². The first-order chi connectivity index (χ1) is 9.26. The van der Waals surface area contributed by atoms with Crippen molar-refractivity contribution >= 4 is 23.3 Å². The van der Waals surface area contributed by atoms with Crippen molar-refractivity contribution in [1.82, 2.24) is 10.6 Å². The summed E-state index contributed by atoms with van der Waals surface area (Å²) in [5.74, 6) is -0.00491. The Balaban J connectivity index is 1.94. The average molecular weight is 292 g/mol. The molecule has 0 atom stereocenters. The van der Waals surface area contributed by atoms with E-state index in [1.165, 1.54) is 0 Å². The van der Waals surface area contributed by atoms with Crippen LogP contribution in [-0.4, -0.2) is 23.0 Å². The molecule has 2 N–H and O–H groups in total. The molecule has 2 rings (SSSR count). The molecule has 0 saturated carbocycles. The van der Waals surface area contributed by atoms with E-state index in [1.54, 1.807) is 17.4 Å². The van der Waals surface area contributed by atoms with Gasteiger partial charge in [-0.15, -0.1) is 0 Å². The van der Waals surface area contributed by atoms with Gasteiger partial charge in [-0.2, -0.15) is 11.3 Å². The fourth-order valence-corrected chi connectivity index (χ4v) is 3.84. The Morgan fingerprint density at radius 2 is 2.00 bits per heavy atom. The van der Waals surface area contributed by atoms with Crippen molar-refractivity contribution in [3.8, 4) is 0 Å². The molecular weight excluding hydrogens is 268 g/mol. The van der Waals surface area contributed by atoms with Gasteiger partial charge < -0.3 is 10.6 Å². The number of thiophene rings is 1. The second-order valence-corrected chi connectivity index (χ2v) is 7.68. The fourth-order valence-electron chi connectivity index (χ4n) is 3.22. The third kappa shape index (κ3) is 4.46. The highest BCUT2D eigenvalue weighted by atomic mass is 32.1. The number of carbonyl (C=O) groups excluding carboxylic acids is 1. The van der Waals surface area contributed by atoms with Crippen LogP contribution in [0, 0.1) is 0 Å². The van der Waals surface area contributed by atoms with Gasteiger partial charge in [0, 0.05) is 23.2 Å². The highest BCUT2D eigenvalue weighted by molar-refractivity contribution is 7.08. The van der Waals surface area contributed by atoms with Gasteiger partial charge in [-0.3, -0.25) is 4.79 Å². The Morgan fingerprint density at radius 3 is 2.55 bits per heavy atom. The number of hydrogen-bond acceptors (Lipinski definition) is 3. The molecule has 0 bridgehead atoms. The molecule has 0 spiro atoms. The number of carbonyl (C=O) groups is 1. The minimum absolute atomic E-state index is 0.00491. The van der Waals surface area contributed by atoms with E-state index >= 15 is 0 Å². The first-order valence-electron chi connectivity index (χ1n) is 7.06. The fraction of sp³-hybridized carbons (Fsp3) is 0.562. The highest BCUT2D eigenvalue weighted by Crippen LogP contribution is 2.28. The van der Waals surface area contributed by atoms with Gasteiger partial charge in [0.25, 0.3) is 0 Å². The molecule has 1 aromatic rings. The van der Waals surface area contributed by atoms with Crippen LogP contribution >= 0.6 is 11.3 Å². The molecule has 20 heavy (non-hydrogen) atoms. The minimum atomic E-state index is -0.00491. The molecule has 1 aliphatic rings. The SMILES string of the molecule is CC1(C)CC(NC(=O)/C=C/c2ccsc2)CC(C)(C)N1. The monoisotopic (exact) mass is 292 g/mol. The summed E-state index contributed by atoms with van der Waals surface area (Å²) in [7, 11) is 0. The van der Waals surface area contributed by atoms with Crippen molar-refractivity contribution in [3.63, 3.8) is 0 Å². The highest BCUT2D eigenvalue weighted by Gasteiger charge is 2.37. The van der Waals surface area contributed by atoms with E-state index in [-0.39, 0.29) is 23.0 Å². The van der Waals surface area contributed by atoms with Crippen LogP contribution in [-0.2, 0) is 4.79 Å². The lowest BCUT2D eigenvalue weighted by Gasteiger charge is -2.46. The average Bonchev–Trinajstić information content (AvgIpc) is 2.74. The Labute approximate surface area is 125 Å². The molecule has 1 aromatic heterocycles. The van der Waals surface area contributed by atoms with Crippen molar-refractivity contribution in [1.29, 1.82) is 0 Å². The van der Waals surface area contributed by atoms with Crippen LogP contribution in [0.2, 0.25) is 0 Å². The van der Waals surface area contributed by atoms with Gasteiger partial charge in [0.05, 0.1) is 0 Å². The quantitative estimate of drug-likeness (QED) is 0.840. The van der Waals surface area contributed by atoms with Gasteiger partial charge in [0.2, 0.25) is 5.91 Å². The van der Waals surface area contributed by atoms with E-state index in [1.807, 2.05) is 22.9 Å². The molecule has 1 fully saturated rings. The predicted molar refractivity (Wildman–Crippen MR) is 85.8 cm³/mol. The molecule has 110 valence electrons. The molecule has 1 aliphatic heterocycles. The molecule has 1 saturated heterocycles. The van der Waals surface area contributed by atoms with Crippen molar-refractivity contribution in [2.45, 2.75) is 57.7 Å². The zero-order valence-corrected chi connectivity index (χ0v) is 13.5. The van der Waals surface area contributed by atoms with E-state index in [4.69, 9.17) is 0 Å². The number of amides is 1. The maximum atomic E-state index is 12.0. The summed E-state index contributed by atoms with van der Waals surface area (Å²) in [6.07, 6.45) is 5.40. The normalized spacial score (nSPS) is 22.0. The molecule has 3 nitrogen and oxygen atoms in total. The molecule has 4 heteroatoms. The van der Waals surface area contributed by atoms with Gasteiger partial charge in [-0.25, -0.2) is 0 Å². The van der Waals surface area contributed by atoms with Gasteiger partial charge >= 0.3 is 0 Å². The zero-order valence-electron chi connectivity index (χ0n) is 12.7. The molecule has 0 unspecified atom stereocenters. The van der Waals surface area contributed by atoms with Crippen molar-refractivity contribution in [2.24, 2.45) is 0 Å². The summed E-state index contributed by atoms with van der Waals surface area (Å²) >= 11 is 1.64. The molecule has 2 heterocycles. The summed E-state index contributed by atoms with van der Waals surface area (Å²) in [6.45, 7) is 8.76. The summed E-state index contributed by atoms with van der Waals surface area (Å²) < 4.78 is 0. The molecule has 0 aliphatic carbocycles. The Bertz CT molecular complexity index is 473. The lowest BCUT2D eigenvalue weighted by atomic mass is 9.79. The first-order valence-corrected chi connectivity index (χ1v) is 8.00. The summed E-state index contributed by atoms with van der Waals surface area (Å²) in [5.41, 5.74) is 1.18. The van der Waals surface area contributed by atoms with Gasteiger partial charge in [-0.05, 0) is 69.0 Å². The number of piperidine rings is 1. The molecule has 0 radical (unpaired) electrons. The van der Waals surface area contributed by atoms with E-state index in [2.05, 4.69) is 38.3 Å². The van der Waals surface area contributed by atoms with Gasteiger partial charge in [0.15, 0.2) is 0 Å². The van der Waals surface area contributed by atoms with Gasteiger partial charge in [0.1, 0.15) is 0 Å². The van der Waals surface area contributed by atoms with Crippen LogP contribution in [0.25, 0.3) is 6.08 Å². The second kappa shape index (κ2) is 5.70. The van der Waals surface area contributed by atoms with Crippen LogP contribution in [0.5, 0.6) is 0 Å².